The Kier molecular flexibility index (Phi) is 3.04. The third-order valence-corrected chi connectivity index (χ3v) is 3.93. The van der Waals surface area contributed by atoms with Crippen LogP contribution in [-0.4, -0.2) is 20.8 Å². The molecule has 104 valence electrons. The predicted octanol–water partition coefficient (Wildman–Crippen LogP) is 2.18. The lowest BCUT2D eigenvalue weighted by Gasteiger charge is -2.15. The second kappa shape index (κ2) is 4.74. The van der Waals surface area contributed by atoms with Crippen molar-refractivity contribution in [1.82, 2.24) is 15.0 Å². The van der Waals surface area contributed by atoms with Gasteiger partial charge in [-0.1, -0.05) is 24.3 Å². The van der Waals surface area contributed by atoms with Crippen molar-refractivity contribution in [2.45, 2.75) is 38.1 Å². The summed E-state index contributed by atoms with van der Waals surface area (Å²) >= 11 is 0. The van der Waals surface area contributed by atoms with Gasteiger partial charge in [0, 0.05) is 12.2 Å². The minimum atomic E-state index is -0.388. The van der Waals surface area contributed by atoms with Gasteiger partial charge in [0.25, 0.3) is 0 Å². The topological polar surface area (TPSA) is 73.8 Å². The van der Waals surface area contributed by atoms with Gasteiger partial charge in [-0.2, -0.15) is 0 Å². The average molecular weight is 270 g/mol. The van der Waals surface area contributed by atoms with E-state index >= 15 is 0 Å². The molecule has 1 fully saturated rings. The molecule has 5 nitrogen and oxygen atoms in total. The summed E-state index contributed by atoms with van der Waals surface area (Å²) in [6.45, 7) is 2.78. The molecule has 0 unspecified atom stereocenters. The normalized spacial score (nSPS) is 16.1. The van der Waals surface area contributed by atoms with E-state index in [1.54, 1.807) is 10.9 Å². The van der Waals surface area contributed by atoms with Gasteiger partial charge in [-0.15, -0.1) is 5.10 Å². The summed E-state index contributed by atoms with van der Waals surface area (Å²) < 4.78 is 1.71. The van der Waals surface area contributed by atoms with Gasteiger partial charge in [0.2, 0.25) is 0 Å². The number of benzene rings is 1. The second-order valence-corrected chi connectivity index (χ2v) is 5.38. The molecular weight excluding hydrogens is 252 g/mol. The molecule has 1 heterocycles. The Hall–Kier alpha value is -2.17. The molecule has 1 aliphatic rings. The fourth-order valence-electron chi connectivity index (χ4n) is 2.63. The van der Waals surface area contributed by atoms with E-state index in [0.717, 1.165) is 37.1 Å². The highest BCUT2D eigenvalue weighted by molar-refractivity contribution is 6.04. The second-order valence-electron chi connectivity index (χ2n) is 5.38. The molecular formula is C15H18N4O. The van der Waals surface area contributed by atoms with Gasteiger partial charge in [-0.05, 0) is 37.0 Å². The van der Waals surface area contributed by atoms with Crippen molar-refractivity contribution in [2.24, 2.45) is 0 Å². The smallest absolute Gasteiger partial charge is 0.193 e. The molecule has 0 atom stereocenters. The van der Waals surface area contributed by atoms with E-state index in [9.17, 15) is 4.79 Å². The number of rotatable bonds is 5. The summed E-state index contributed by atoms with van der Waals surface area (Å²) in [4.78, 5) is 12.8. The molecule has 2 aromatic rings. The Morgan fingerprint density at radius 1 is 1.35 bits per heavy atom. The van der Waals surface area contributed by atoms with Gasteiger partial charge in [0.15, 0.2) is 5.78 Å². The summed E-state index contributed by atoms with van der Waals surface area (Å²) in [5.41, 5.74) is 7.70. The molecule has 2 N–H and O–H groups in total. The van der Waals surface area contributed by atoms with Crippen LogP contribution in [0.4, 0.5) is 5.69 Å². The number of aromatic nitrogens is 3. The van der Waals surface area contributed by atoms with Crippen molar-refractivity contribution in [3.63, 3.8) is 0 Å². The first kappa shape index (κ1) is 12.8. The molecule has 1 aromatic carbocycles. The minimum absolute atomic E-state index is 0.126. The number of ketones is 1. The van der Waals surface area contributed by atoms with E-state index in [1.807, 2.05) is 24.3 Å². The Bertz CT molecular complexity index is 626. The zero-order valence-electron chi connectivity index (χ0n) is 11.5. The predicted molar refractivity (Wildman–Crippen MR) is 76.4 cm³/mol. The monoisotopic (exact) mass is 270 g/mol. The van der Waals surface area contributed by atoms with Crippen LogP contribution in [0, 0.1) is 0 Å². The fourth-order valence-corrected chi connectivity index (χ4v) is 2.63. The van der Waals surface area contributed by atoms with Crippen molar-refractivity contribution in [3.05, 3.63) is 41.7 Å². The lowest BCUT2D eigenvalue weighted by atomic mass is 9.89. The van der Waals surface area contributed by atoms with Crippen molar-refractivity contribution >= 4 is 11.5 Å². The molecule has 0 radical (unpaired) electrons. The highest BCUT2D eigenvalue weighted by Gasteiger charge is 2.52. The van der Waals surface area contributed by atoms with Crippen molar-refractivity contribution in [1.29, 1.82) is 0 Å². The summed E-state index contributed by atoms with van der Waals surface area (Å²) in [5.74, 6) is 0.126. The zero-order chi connectivity index (χ0) is 14.2. The van der Waals surface area contributed by atoms with Crippen LogP contribution in [0.2, 0.25) is 0 Å². The molecule has 0 spiro atoms. The van der Waals surface area contributed by atoms with Crippen LogP contribution in [-0.2, 0) is 12.0 Å². The average Bonchev–Trinajstić information content (AvgIpc) is 3.13. The number of hydrogen-bond donors (Lipinski definition) is 1. The van der Waals surface area contributed by atoms with E-state index in [0.29, 0.717) is 5.69 Å². The molecule has 1 saturated carbocycles. The number of nitrogens with two attached hydrogens (primary N) is 1. The largest absolute Gasteiger partial charge is 0.399 e. The summed E-state index contributed by atoms with van der Waals surface area (Å²) in [5, 5.41) is 7.88. The highest BCUT2D eigenvalue weighted by Crippen LogP contribution is 2.50. The van der Waals surface area contributed by atoms with Gasteiger partial charge in [0.1, 0.15) is 5.69 Å². The number of nitrogens with zero attached hydrogens (tertiary/aromatic N) is 3. The Morgan fingerprint density at radius 2 is 2.05 bits per heavy atom. The number of carbonyl (C=O) groups is 1. The van der Waals surface area contributed by atoms with E-state index in [1.165, 1.54) is 0 Å². The number of Topliss-reactive ketones (excluding diaryl/α,β-unsaturated/α-hetero) is 1. The Balaban J connectivity index is 1.93. The fraction of sp³-hybridized carbons (Fsp3) is 0.400. The number of anilines is 1. The Morgan fingerprint density at radius 3 is 2.65 bits per heavy atom. The van der Waals surface area contributed by atoms with Crippen LogP contribution in [0.3, 0.4) is 0 Å². The van der Waals surface area contributed by atoms with Gasteiger partial charge in [0.05, 0.1) is 11.6 Å². The number of nitrogen functional groups attached to an aromatic ring is 1. The van der Waals surface area contributed by atoms with Gasteiger partial charge in [-0.25, -0.2) is 4.68 Å². The number of hydrogen-bond acceptors (Lipinski definition) is 4. The maximum atomic E-state index is 12.8. The van der Waals surface area contributed by atoms with Gasteiger partial charge < -0.3 is 5.73 Å². The van der Waals surface area contributed by atoms with Crippen molar-refractivity contribution in [2.75, 3.05) is 5.73 Å². The van der Waals surface area contributed by atoms with Gasteiger partial charge >= 0.3 is 0 Å². The summed E-state index contributed by atoms with van der Waals surface area (Å²) in [6.07, 6.45) is 4.27. The molecule has 5 heteroatoms. The molecule has 0 saturated heterocycles. The molecule has 1 aromatic heterocycles. The molecule has 0 bridgehead atoms. The molecule has 0 aliphatic heterocycles. The quantitative estimate of drug-likeness (QED) is 0.667. The standard InChI is InChI=1S/C15H18N4O/c1-2-9-19-13(10-17-18-19)14(20)15(7-8-15)11-3-5-12(16)6-4-11/h3-6,10H,2,7-9,16H2,1H3. The first-order chi connectivity index (χ1) is 9.67. The molecule has 3 rings (SSSR count). The number of carbonyl (C=O) groups excluding carboxylic acids is 1. The maximum Gasteiger partial charge on any atom is 0.193 e. The van der Waals surface area contributed by atoms with Crippen LogP contribution < -0.4 is 5.73 Å². The summed E-state index contributed by atoms with van der Waals surface area (Å²) in [7, 11) is 0. The van der Waals surface area contributed by atoms with E-state index in [2.05, 4.69) is 17.2 Å². The van der Waals surface area contributed by atoms with E-state index in [-0.39, 0.29) is 11.2 Å². The molecule has 20 heavy (non-hydrogen) atoms. The van der Waals surface area contributed by atoms with E-state index < -0.39 is 0 Å². The third kappa shape index (κ3) is 1.99. The Labute approximate surface area is 117 Å². The first-order valence-electron chi connectivity index (χ1n) is 6.97. The van der Waals surface area contributed by atoms with Crippen LogP contribution in [0.1, 0.15) is 42.2 Å². The van der Waals surface area contributed by atoms with Crippen LogP contribution in [0.5, 0.6) is 0 Å². The maximum absolute atomic E-state index is 12.8. The lowest BCUT2D eigenvalue weighted by Crippen LogP contribution is -2.24. The number of aryl methyl sites for hydroxylation is 1. The van der Waals surface area contributed by atoms with Gasteiger partial charge in [-0.3, -0.25) is 4.79 Å². The molecule has 0 amide bonds. The van der Waals surface area contributed by atoms with Crippen LogP contribution >= 0.6 is 0 Å². The molecule has 1 aliphatic carbocycles. The van der Waals surface area contributed by atoms with E-state index in [4.69, 9.17) is 5.73 Å². The van der Waals surface area contributed by atoms with Crippen molar-refractivity contribution < 1.29 is 4.79 Å². The lowest BCUT2D eigenvalue weighted by molar-refractivity contribution is 0.0935. The zero-order valence-corrected chi connectivity index (χ0v) is 11.5. The van der Waals surface area contributed by atoms with Crippen LogP contribution in [0.25, 0.3) is 0 Å². The van der Waals surface area contributed by atoms with Crippen molar-refractivity contribution in [3.8, 4) is 0 Å². The van der Waals surface area contributed by atoms with Crippen LogP contribution in [0.15, 0.2) is 30.5 Å². The minimum Gasteiger partial charge on any atom is -0.399 e. The first-order valence-corrected chi connectivity index (χ1v) is 6.97. The SMILES string of the molecule is CCCn1nncc1C(=O)C1(c2ccc(N)cc2)CC1. The highest BCUT2D eigenvalue weighted by atomic mass is 16.1. The summed E-state index contributed by atoms with van der Waals surface area (Å²) in [6, 6.07) is 7.61. The third-order valence-electron chi connectivity index (χ3n) is 3.93.